The Labute approximate surface area is 125 Å². The van der Waals surface area contributed by atoms with Crippen molar-refractivity contribution >= 4 is 38.2 Å². The van der Waals surface area contributed by atoms with E-state index in [2.05, 4.69) is 13.8 Å². The van der Waals surface area contributed by atoms with Crippen molar-refractivity contribution in [1.82, 2.24) is 0 Å². The zero-order chi connectivity index (χ0) is 14.7. The average molecular weight is 310 g/mol. The SMILES string of the molecule is CCC(C)CS(=O)Cc1c(C(=O)O)sc2ccccc12. The van der Waals surface area contributed by atoms with Crippen LogP contribution in [0, 0.1) is 5.92 Å². The maximum Gasteiger partial charge on any atom is 0.346 e. The lowest BCUT2D eigenvalue weighted by atomic mass is 10.1. The predicted octanol–water partition coefficient (Wildman–Crippen LogP) is 3.89. The molecule has 0 amide bonds. The van der Waals surface area contributed by atoms with Gasteiger partial charge in [-0.25, -0.2) is 4.79 Å². The fraction of sp³-hybridized carbons (Fsp3) is 0.400. The molecule has 3 nitrogen and oxygen atoms in total. The summed E-state index contributed by atoms with van der Waals surface area (Å²) in [5, 5.41) is 10.2. The standard InChI is InChI=1S/C15H18O3S2/c1-3-10(2)8-20(18)9-12-11-6-4-5-7-13(11)19-14(12)15(16)17/h4-7,10H,3,8-9H2,1-2H3,(H,16,17). The van der Waals surface area contributed by atoms with Crippen LogP contribution in [0.5, 0.6) is 0 Å². The van der Waals surface area contributed by atoms with Gasteiger partial charge in [0.1, 0.15) is 4.88 Å². The molecule has 5 heteroatoms. The van der Waals surface area contributed by atoms with Crippen molar-refractivity contribution in [2.24, 2.45) is 5.92 Å². The molecule has 2 unspecified atom stereocenters. The zero-order valence-corrected chi connectivity index (χ0v) is 13.2. The summed E-state index contributed by atoms with van der Waals surface area (Å²) >= 11 is 1.26. The molecule has 0 bridgehead atoms. The van der Waals surface area contributed by atoms with Gasteiger partial charge in [-0.2, -0.15) is 0 Å². The second-order valence-electron chi connectivity index (χ2n) is 4.98. The number of rotatable bonds is 6. The molecular formula is C15H18O3S2. The Morgan fingerprint density at radius 1 is 1.40 bits per heavy atom. The van der Waals surface area contributed by atoms with Crippen LogP contribution in [0.2, 0.25) is 0 Å². The first kappa shape index (κ1) is 15.2. The van der Waals surface area contributed by atoms with E-state index in [4.69, 9.17) is 0 Å². The van der Waals surface area contributed by atoms with E-state index in [0.717, 1.165) is 22.1 Å². The van der Waals surface area contributed by atoms with Crippen molar-refractivity contribution in [3.8, 4) is 0 Å². The van der Waals surface area contributed by atoms with Gasteiger partial charge in [-0.15, -0.1) is 11.3 Å². The number of hydrogen-bond donors (Lipinski definition) is 1. The molecule has 0 aliphatic carbocycles. The third kappa shape index (κ3) is 3.27. The van der Waals surface area contributed by atoms with E-state index in [1.807, 2.05) is 24.3 Å². The third-order valence-corrected chi connectivity index (χ3v) is 6.12. The van der Waals surface area contributed by atoms with Crippen molar-refractivity contribution in [3.05, 3.63) is 34.7 Å². The third-order valence-electron chi connectivity index (χ3n) is 3.37. The molecule has 0 aliphatic heterocycles. The largest absolute Gasteiger partial charge is 0.477 e. The Balaban J connectivity index is 2.34. The van der Waals surface area contributed by atoms with Gasteiger partial charge in [-0.3, -0.25) is 4.21 Å². The summed E-state index contributed by atoms with van der Waals surface area (Å²) in [5.74, 6) is 0.422. The Morgan fingerprint density at radius 3 is 2.75 bits per heavy atom. The van der Waals surface area contributed by atoms with Crippen LogP contribution in [0.3, 0.4) is 0 Å². The zero-order valence-electron chi connectivity index (χ0n) is 11.6. The first-order valence-corrected chi connectivity index (χ1v) is 8.92. The summed E-state index contributed by atoms with van der Waals surface area (Å²) < 4.78 is 13.2. The summed E-state index contributed by atoms with van der Waals surface area (Å²) in [5.41, 5.74) is 0.722. The van der Waals surface area contributed by atoms with E-state index in [-0.39, 0.29) is 0 Å². The van der Waals surface area contributed by atoms with Crippen molar-refractivity contribution in [3.63, 3.8) is 0 Å². The Morgan fingerprint density at radius 2 is 2.10 bits per heavy atom. The maximum atomic E-state index is 12.2. The summed E-state index contributed by atoms with van der Waals surface area (Å²) in [7, 11) is -1.02. The number of hydrogen-bond acceptors (Lipinski definition) is 3. The van der Waals surface area contributed by atoms with Gasteiger partial charge in [0.2, 0.25) is 0 Å². The van der Waals surface area contributed by atoms with Gasteiger partial charge in [-0.1, -0.05) is 38.5 Å². The quantitative estimate of drug-likeness (QED) is 0.880. The van der Waals surface area contributed by atoms with Gasteiger partial charge in [0.25, 0.3) is 0 Å². The Kier molecular flexibility index (Phi) is 4.94. The number of thiophene rings is 1. The highest BCUT2D eigenvalue weighted by Gasteiger charge is 2.19. The first-order chi connectivity index (χ1) is 9.52. The summed E-state index contributed by atoms with van der Waals surface area (Å²) in [6.07, 6.45) is 0.988. The summed E-state index contributed by atoms with van der Waals surface area (Å²) in [6.45, 7) is 4.15. The number of carboxylic acids is 1. The van der Waals surface area contributed by atoms with Crippen molar-refractivity contribution < 1.29 is 14.1 Å². The molecule has 1 N–H and O–H groups in total. The lowest BCUT2D eigenvalue weighted by Gasteiger charge is -2.08. The minimum Gasteiger partial charge on any atom is -0.477 e. The van der Waals surface area contributed by atoms with Crippen molar-refractivity contribution in [1.29, 1.82) is 0 Å². The van der Waals surface area contributed by atoms with Gasteiger partial charge < -0.3 is 5.11 Å². The molecule has 2 rings (SSSR count). The minimum absolute atomic E-state index is 0.323. The van der Waals surface area contributed by atoms with Gasteiger partial charge in [-0.05, 0) is 22.9 Å². The highest BCUT2D eigenvalue weighted by Crippen LogP contribution is 2.32. The smallest absolute Gasteiger partial charge is 0.346 e. The molecule has 108 valence electrons. The number of carbonyl (C=O) groups is 1. The second kappa shape index (κ2) is 6.50. The molecule has 2 atom stereocenters. The van der Waals surface area contributed by atoms with Crippen molar-refractivity contribution in [2.75, 3.05) is 5.75 Å². The van der Waals surface area contributed by atoms with Crippen LogP contribution in [0.1, 0.15) is 35.5 Å². The van der Waals surface area contributed by atoms with Crippen LogP contribution in [-0.2, 0) is 16.6 Å². The normalized spacial score (nSPS) is 14.3. The van der Waals surface area contributed by atoms with Gasteiger partial charge >= 0.3 is 5.97 Å². The van der Waals surface area contributed by atoms with Crippen LogP contribution >= 0.6 is 11.3 Å². The number of aromatic carboxylic acids is 1. The predicted molar refractivity (Wildman–Crippen MR) is 85.0 cm³/mol. The van der Waals surface area contributed by atoms with Crippen LogP contribution < -0.4 is 0 Å². The van der Waals surface area contributed by atoms with E-state index in [1.54, 1.807) is 0 Å². The molecular weight excluding hydrogens is 292 g/mol. The molecule has 0 saturated carbocycles. The van der Waals surface area contributed by atoms with Crippen molar-refractivity contribution in [2.45, 2.75) is 26.0 Å². The topological polar surface area (TPSA) is 54.4 Å². The van der Waals surface area contributed by atoms with E-state index in [9.17, 15) is 14.1 Å². The van der Waals surface area contributed by atoms with E-state index < -0.39 is 16.8 Å². The molecule has 0 spiro atoms. The molecule has 2 aromatic rings. The van der Waals surface area contributed by atoms with Gasteiger partial charge in [0, 0.05) is 21.3 Å². The van der Waals surface area contributed by atoms with Crippen LogP contribution in [0.15, 0.2) is 24.3 Å². The number of benzene rings is 1. The Hall–Kier alpha value is -1.20. The Bertz CT molecular complexity index is 646. The van der Waals surface area contributed by atoms with Gasteiger partial charge in [0.05, 0.1) is 5.75 Å². The fourth-order valence-corrected chi connectivity index (χ4v) is 4.83. The number of fused-ring (bicyclic) bond motifs is 1. The molecule has 20 heavy (non-hydrogen) atoms. The molecule has 0 saturated heterocycles. The highest BCUT2D eigenvalue weighted by atomic mass is 32.2. The molecule has 1 aromatic carbocycles. The monoisotopic (exact) mass is 310 g/mol. The first-order valence-electron chi connectivity index (χ1n) is 6.61. The number of carboxylic acid groups (broad SMARTS) is 1. The van der Waals surface area contributed by atoms with E-state index in [1.165, 1.54) is 11.3 Å². The van der Waals surface area contributed by atoms with Crippen LogP contribution in [0.25, 0.3) is 10.1 Å². The van der Waals surface area contributed by atoms with Gasteiger partial charge in [0.15, 0.2) is 0 Å². The molecule has 1 heterocycles. The lowest BCUT2D eigenvalue weighted by molar-refractivity contribution is 0.0701. The lowest BCUT2D eigenvalue weighted by Crippen LogP contribution is -2.10. The van der Waals surface area contributed by atoms with E-state index >= 15 is 0 Å². The second-order valence-corrected chi connectivity index (χ2v) is 7.53. The van der Waals surface area contributed by atoms with Crippen LogP contribution in [-0.4, -0.2) is 21.0 Å². The maximum absolute atomic E-state index is 12.2. The molecule has 0 radical (unpaired) electrons. The molecule has 0 fully saturated rings. The molecule has 1 aromatic heterocycles. The van der Waals surface area contributed by atoms with Crippen LogP contribution in [0.4, 0.5) is 0 Å². The average Bonchev–Trinajstić information content (AvgIpc) is 2.78. The minimum atomic E-state index is -1.02. The summed E-state index contributed by atoms with van der Waals surface area (Å²) in [4.78, 5) is 11.7. The van der Waals surface area contributed by atoms with E-state index in [0.29, 0.717) is 22.3 Å². The fourth-order valence-electron chi connectivity index (χ4n) is 2.07. The molecule has 0 aliphatic rings. The summed E-state index contributed by atoms with van der Waals surface area (Å²) in [6, 6.07) is 7.60. The highest BCUT2D eigenvalue weighted by molar-refractivity contribution is 7.84.